The van der Waals surface area contributed by atoms with Crippen molar-refractivity contribution in [3.63, 3.8) is 0 Å². The van der Waals surface area contributed by atoms with E-state index in [1.54, 1.807) is 0 Å². The van der Waals surface area contributed by atoms with Gasteiger partial charge in [-0.1, -0.05) is 25.4 Å². The minimum Gasteiger partial charge on any atom is -0.294 e. The summed E-state index contributed by atoms with van der Waals surface area (Å²) in [7, 11) is 0. The second-order valence-corrected chi connectivity index (χ2v) is 4.48. The van der Waals surface area contributed by atoms with Crippen molar-refractivity contribution < 1.29 is 18.0 Å². The Balaban J connectivity index is 3.19. The van der Waals surface area contributed by atoms with Crippen LogP contribution in [0, 0.1) is 5.92 Å². The fourth-order valence-corrected chi connectivity index (χ4v) is 1.98. The molecule has 1 aromatic carbocycles. The number of hydrogen-bond donors (Lipinski definition) is 0. The minimum atomic E-state index is -4.46. The van der Waals surface area contributed by atoms with Crippen LogP contribution in [-0.4, -0.2) is 5.78 Å². The number of halogens is 4. The van der Waals surface area contributed by atoms with E-state index in [-0.39, 0.29) is 22.3 Å². The Morgan fingerprint density at radius 1 is 1.28 bits per heavy atom. The van der Waals surface area contributed by atoms with Gasteiger partial charge in [0, 0.05) is 11.5 Å². The molecule has 0 N–H and O–H groups in total. The number of Topliss-reactive ketones (excluding diaryl/α,β-unsaturated/α-hetero) is 1. The molecule has 0 aliphatic heterocycles. The standard InChI is InChI=1S/C13H14ClF3O/c1-3-8(4-2)12(18)10-7-9(13(15,16)17)5-6-11(10)14/h5-8H,3-4H2,1-2H3. The minimum absolute atomic E-state index is 0.0415. The molecule has 0 unspecified atom stereocenters. The van der Waals surface area contributed by atoms with Crippen molar-refractivity contribution in [1.29, 1.82) is 0 Å². The van der Waals surface area contributed by atoms with Crippen molar-refractivity contribution in [2.45, 2.75) is 32.9 Å². The fraction of sp³-hybridized carbons (Fsp3) is 0.462. The largest absolute Gasteiger partial charge is 0.416 e. The molecule has 0 aliphatic carbocycles. The van der Waals surface area contributed by atoms with Gasteiger partial charge in [-0.15, -0.1) is 0 Å². The lowest BCUT2D eigenvalue weighted by Crippen LogP contribution is -2.15. The van der Waals surface area contributed by atoms with Crippen LogP contribution in [0.3, 0.4) is 0 Å². The van der Waals surface area contributed by atoms with Crippen molar-refractivity contribution in [3.8, 4) is 0 Å². The SMILES string of the molecule is CCC(CC)C(=O)c1cc(C(F)(F)F)ccc1Cl. The Bertz CT molecular complexity index is 436. The normalized spacial score (nSPS) is 11.9. The summed E-state index contributed by atoms with van der Waals surface area (Å²) in [5.74, 6) is -0.609. The molecule has 0 spiro atoms. The predicted molar refractivity (Wildman–Crippen MR) is 64.9 cm³/mol. The first-order valence-electron chi connectivity index (χ1n) is 5.72. The van der Waals surface area contributed by atoms with Crippen LogP contribution in [0.5, 0.6) is 0 Å². The van der Waals surface area contributed by atoms with Gasteiger partial charge in [0.05, 0.1) is 10.6 Å². The summed E-state index contributed by atoms with van der Waals surface area (Å²) in [6, 6.07) is 2.84. The molecule has 5 heteroatoms. The van der Waals surface area contributed by atoms with E-state index in [1.807, 2.05) is 13.8 Å². The molecule has 0 saturated carbocycles. The number of benzene rings is 1. The van der Waals surface area contributed by atoms with E-state index in [0.29, 0.717) is 12.8 Å². The molecule has 0 radical (unpaired) electrons. The highest BCUT2D eigenvalue weighted by Gasteiger charge is 2.32. The molecule has 18 heavy (non-hydrogen) atoms. The third kappa shape index (κ3) is 3.25. The molecular formula is C13H14ClF3O. The highest BCUT2D eigenvalue weighted by Crippen LogP contribution is 2.33. The average molecular weight is 279 g/mol. The van der Waals surface area contributed by atoms with E-state index in [9.17, 15) is 18.0 Å². The molecule has 1 aromatic rings. The molecule has 0 aromatic heterocycles. The first-order chi connectivity index (χ1) is 8.31. The van der Waals surface area contributed by atoms with Crippen LogP contribution in [0.15, 0.2) is 18.2 Å². The zero-order chi connectivity index (χ0) is 13.9. The maximum absolute atomic E-state index is 12.6. The predicted octanol–water partition coefficient (Wildman–Crippen LogP) is 4.98. The van der Waals surface area contributed by atoms with Gasteiger partial charge in [-0.2, -0.15) is 13.2 Å². The molecule has 0 fully saturated rings. The van der Waals surface area contributed by atoms with Crippen LogP contribution in [-0.2, 0) is 6.18 Å². The number of carbonyl (C=O) groups is 1. The van der Waals surface area contributed by atoms with Crippen LogP contribution in [0.25, 0.3) is 0 Å². The zero-order valence-corrected chi connectivity index (χ0v) is 10.9. The van der Waals surface area contributed by atoms with Gasteiger partial charge in [0.25, 0.3) is 0 Å². The van der Waals surface area contributed by atoms with E-state index in [1.165, 1.54) is 0 Å². The van der Waals surface area contributed by atoms with Crippen LogP contribution >= 0.6 is 11.6 Å². The highest BCUT2D eigenvalue weighted by atomic mass is 35.5. The maximum atomic E-state index is 12.6. The lowest BCUT2D eigenvalue weighted by molar-refractivity contribution is -0.137. The molecule has 0 heterocycles. The third-order valence-electron chi connectivity index (χ3n) is 2.92. The summed E-state index contributed by atoms with van der Waals surface area (Å²) in [4.78, 5) is 12.1. The first-order valence-corrected chi connectivity index (χ1v) is 6.10. The van der Waals surface area contributed by atoms with Gasteiger partial charge in [-0.3, -0.25) is 4.79 Å². The van der Waals surface area contributed by atoms with Gasteiger partial charge in [0.2, 0.25) is 0 Å². The van der Waals surface area contributed by atoms with Crippen LogP contribution in [0.4, 0.5) is 13.2 Å². The highest BCUT2D eigenvalue weighted by molar-refractivity contribution is 6.34. The maximum Gasteiger partial charge on any atom is 0.416 e. The van der Waals surface area contributed by atoms with Crippen molar-refractivity contribution in [3.05, 3.63) is 34.3 Å². The molecule has 0 atom stereocenters. The second-order valence-electron chi connectivity index (χ2n) is 4.07. The number of hydrogen-bond acceptors (Lipinski definition) is 1. The van der Waals surface area contributed by atoms with Gasteiger partial charge in [0.1, 0.15) is 0 Å². The Morgan fingerprint density at radius 3 is 2.28 bits per heavy atom. The van der Waals surface area contributed by atoms with Gasteiger partial charge in [0.15, 0.2) is 5.78 Å². The summed E-state index contributed by atoms with van der Waals surface area (Å²) in [5.41, 5.74) is -0.888. The Labute approximate surface area is 109 Å². The van der Waals surface area contributed by atoms with E-state index in [4.69, 9.17) is 11.6 Å². The van der Waals surface area contributed by atoms with E-state index >= 15 is 0 Å². The fourth-order valence-electron chi connectivity index (χ4n) is 1.77. The third-order valence-corrected chi connectivity index (χ3v) is 3.25. The summed E-state index contributed by atoms with van der Waals surface area (Å²) in [5, 5.41) is 0.0694. The topological polar surface area (TPSA) is 17.1 Å². The summed E-state index contributed by atoms with van der Waals surface area (Å²) >= 11 is 5.81. The zero-order valence-electron chi connectivity index (χ0n) is 10.1. The molecular weight excluding hydrogens is 265 g/mol. The van der Waals surface area contributed by atoms with Crippen molar-refractivity contribution >= 4 is 17.4 Å². The first kappa shape index (κ1) is 15.0. The van der Waals surface area contributed by atoms with Crippen LogP contribution in [0.2, 0.25) is 5.02 Å². The number of ketones is 1. The lowest BCUT2D eigenvalue weighted by atomic mass is 9.92. The molecule has 1 rings (SSSR count). The van der Waals surface area contributed by atoms with Crippen molar-refractivity contribution in [2.24, 2.45) is 5.92 Å². The number of alkyl halides is 3. The molecule has 0 amide bonds. The monoisotopic (exact) mass is 278 g/mol. The van der Waals surface area contributed by atoms with Gasteiger partial charge in [-0.25, -0.2) is 0 Å². The quantitative estimate of drug-likeness (QED) is 0.710. The summed E-state index contributed by atoms with van der Waals surface area (Å²) in [6.45, 7) is 3.65. The van der Waals surface area contributed by atoms with E-state index in [0.717, 1.165) is 18.2 Å². The van der Waals surface area contributed by atoms with Crippen LogP contribution in [0.1, 0.15) is 42.6 Å². The second kappa shape index (κ2) is 5.74. The van der Waals surface area contributed by atoms with Crippen LogP contribution < -0.4 is 0 Å². The summed E-state index contributed by atoms with van der Waals surface area (Å²) in [6.07, 6.45) is -3.29. The smallest absolute Gasteiger partial charge is 0.294 e. The van der Waals surface area contributed by atoms with E-state index < -0.39 is 11.7 Å². The molecule has 100 valence electrons. The molecule has 1 nitrogen and oxygen atoms in total. The molecule has 0 saturated heterocycles. The molecule has 0 aliphatic rings. The van der Waals surface area contributed by atoms with Gasteiger partial charge >= 0.3 is 6.18 Å². The van der Waals surface area contributed by atoms with Gasteiger partial charge in [-0.05, 0) is 31.0 Å². The van der Waals surface area contributed by atoms with Crippen molar-refractivity contribution in [2.75, 3.05) is 0 Å². The lowest BCUT2D eigenvalue weighted by Gasteiger charge is -2.14. The summed E-state index contributed by atoms with van der Waals surface area (Å²) < 4.78 is 37.7. The molecule has 0 bridgehead atoms. The number of rotatable bonds is 4. The number of carbonyl (C=O) groups excluding carboxylic acids is 1. The Kier molecular flexibility index (Phi) is 4.79. The van der Waals surface area contributed by atoms with Crippen molar-refractivity contribution in [1.82, 2.24) is 0 Å². The Morgan fingerprint density at radius 2 is 1.83 bits per heavy atom. The Hall–Kier alpha value is -1.03. The van der Waals surface area contributed by atoms with E-state index in [2.05, 4.69) is 0 Å². The average Bonchev–Trinajstić information content (AvgIpc) is 2.29. The van der Waals surface area contributed by atoms with Gasteiger partial charge < -0.3 is 0 Å².